The van der Waals surface area contributed by atoms with Gasteiger partial charge in [-0.05, 0) is 55.7 Å². The van der Waals surface area contributed by atoms with Crippen molar-refractivity contribution in [2.45, 2.75) is 52.0 Å². The topological polar surface area (TPSA) is 12.0 Å². The molecule has 0 aromatic carbocycles. The smallest absolute Gasteiger partial charge is 0.0232 e. The van der Waals surface area contributed by atoms with E-state index in [1.54, 1.807) is 4.88 Å². The van der Waals surface area contributed by atoms with Crippen molar-refractivity contribution in [1.82, 2.24) is 5.32 Å². The molecule has 0 bridgehead atoms. The van der Waals surface area contributed by atoms with Crippen LogP contribution in [0.3, 0.4) is 0 Å². The first kappa shape index (κ1) is 12.1. The lowest BCUT2D eigenvalue weighted by Crippen LogP contribution is -2.43. The van der Waals surface area contributed by atoms with Crippen LogP contribution in [0.25, 0.3) is 0 Å². The molecule has 0 saturated carbocycles. The largest absolute Gasteiger partial charge is 0.311 e. The van der Waals surface area contributed by atoms with E-state index in [4.69, 9.17) is 0 Å². The van der Waals surface area contributed by atoms with Crippen molar-refractivity contribution >= 4 is 11.3 Å². The molecule has 1 atom stereocenters. The molecule has 1 aromatic heterocycles. The maximum absolute atomic E-state index is 3.77. The Morgan fingerprint density at radius 1 is 1.50 bits per heavy atom. The van der Waals surface area contributed by atoms with Gasteiger partial charge in [-0.25, -0.2) is 0 Å². The summed E-state index contributed by atoms with van der Waals surface area (Å²) >= 11 is 1.92. The monoisotopic (exact) mass is 237 g/mol. The Labute approximate surface area is 103 Å². The van der Waals surface area contributed by atoms with Gasteiger partial charge in [-0.1, -0.05) is 13.8 Å². The van der Waals surface area contributed by atoms with Crippen molar-refractivity contribution < 1.29 is 0 Å². The van der Waals surface area contributed by atoms with Gasteiger partial charge < -0.3 is 5.32 Å². The fraction of sp³-hybridized carbons (Fsp3) is 0.714. The molecular formula is C14H23NS. The van der Waals surface area contributed by atoms with E-state index in [2.05, 4.69) is 37.5 Å². The number of hydrogen-bond donors (Lipinski definition) is 1. The Balaban J connectivity index is 2.11. The number of nitrogens with one attached hydrogen (secondary N) is 1. The van der Waals surface area contributed by atoms with Gasteiger partial charge in [-0.2, -0.15) is 0 Å². The Hall–Kier alpha value is -0.340. The quantitative estimate of drug-likeness (QED) is 0.840. The molecule has 0 spiro atoms. The lowest BCUT2D eigenvalue weighted by Gasteiger charge is -2.31. The second-order valence-corrected chi connectivity index (χ2v) is 6.61. The molecule has 1 nitrogen and oxygen atoms in total. The van der Waals surface area contributed by atoms with Crippen LogP contribution in [0.2, 0.25) is 0 Å². The first-order chi connectivity index (χ1) is 7.61. The highest BCUT2D eigenvalue weighted by Crippen LogP contribution is 2.33. The van der Waals surface area contributed by atoms with E-state index < -0.39 is 0 Å². The molecule has 1 saturated heterocycles. The predicted octanol–water partition coefficient (Wildman–Crippen LogP) is 3.77. The second kappa shape index (κ2) is 4.89. The van der Waals surface area contributed by atoms with Gasteiger partial charge in [0.05, 0.1) is 0 Å². The van der Waals surface area contributed by atoms with Crippen LogP contribution in [0.5, 0.6) is 0 Å². The summed E-state index contributed by atoms with van der Waals surface area (Å²) in [5, 5.41) is 6.00. The predicted molar refractivity (Wildman–Crippen MR) is 72.2 cm³/mol. The van der Waals surface area contributed by atoms with Gasteiger partial charge in [0.2, 0.25) is 0 Å². The van der Waals surface area contributed by atoms with E-state index in [1.807, 2.05) is 11.3 Å². The van der Waals surface area contributed by atoms with E-state index in [1.165, 1.54) is 37.8 Å². The maximum atomic E-state index is 3.77. The van der Waals surface area contributed by atoms with E-state index in [0.29, 0.717) is 5.54 Å². The third-order valence-corrected chi connectivity index (χ3v) is 4.62. The molecular weight excluding hydrogens is 214 g/mol. The number of thiophene rings is 1. The van der Waals surface area contributed by atoms with Crippen molar-refractivity contribution in [2.24, 2.45) is 5.92 Å². The first-order valence-corrected chi connectivity index (χ1v) is 7.27. The summed E-state index contributed by atoms with van der Waals surface area (Å²) in [7, 11) is 0. The van der Waals surface area contributed by atoms with Crippen LogP contribution in [0.1, 0.15) is 43.6 Å². The summed E-state index contributed by atoms with van der Waals surface area (Å²) < 4.78 is 0. The minimum absolute atomic E-state index is 0.393. The summed E-state index contributed by atoms with van der Waals surface area (Å²) in [6, 6.07) is 2.25. The third-order valence-electron chi connectivity index (χ3n) is 3.60. The molecule has 2 heteroatoms. The summed E-state index contributed by atoms with van der Waals surface area (Å²) in [5.74, 6) is 0.783. The van der Waals surface area contributed by atoms with Gasteiger partial charge in [0, 0.05) is 16.8 Å². The molecule has 0 aliphatic carbocycles. The van der Waals surface area contributed by atoms with Crippen molar-refractivity contribution in [3.05, 3.63) is 21.9 Å². The highest BCUT2D eigenvalue weighted by atomic mass is 32.1. The lowest BCUT2D eigenvalue weighted by atomic mass is 9.83. The normalized spacial score (nSPS) is 25.5. The molecule has 1 aliphatic heterocycles. The van der Waals surface area contributed by atoms with Gasteiger partial charge in [-0.3, -0.25) is 0 Å². The molecule has 1 aromatic rings. The van der Waals surface area contributed by atoms with Crippen molar-refractivity contribution in [2.75, 3.05) is 6.54 Å². The zero-order valence-corrected chi connectivity index (χ0v) is 11.5. The third kappa shape index (κ3) is 2.67. The Bertz CT molecular complexity index is 334. The van der Waals surface area contributed by atoms with Crippen molar-refractivity contribution in [3.63, 3.8) is 0 Å². The average Bonchev–Trinajstić information content (AvgIpc) is 2.77. The standard InChI is InChI=1S/C14H23NS/c1-11(2)9-14(6-4-7-15-14)10-13-12(3)5-8-16-13/h5,8,11,15H,4,6-7,9-10H2,1-3H3. The molecule has 0 radical (unpaired) electrons. The summed E-state index contributed by atoms with van der Waals surface area (Å²) in [6.45, 7) is 8.12. The Morgan fingerprint density at radius 3 is 2.81 bits per heavy atom. The van der Waals surface area contributed by atoms with E-state index in [-0.39, 0.29) is 0 Å². The fourth-order valence-corrected chi connectivity index (χ4v) is 3.99. The SMILES string of the molecule is Cc1ccsc1CC1(CC(C)C)CCCN1. The van der Waals surface area contributed by atoms with Crippen molar-refractivity contribution in [1.29, 1.82) is 0 Å². The van der Waals surface area contributed by atoms with Crippen LogP contribution in [0.4, 0.5) is 0 Å². The molecule has 90 valence electrons. The molecule has 0 amide bonds. The van der Waals surface area contributed by atoms with Crippen LogP contribution in [-0.2, 0) is 6.42 Å². The average molecular weight is 237 g/mol. The fourth-order valence-electron chi connectivity index (χ4n) is 2.94. The highest BCUT2D eigenvalue weighted by molar-refractivity contribution is 7.10. The molecule has 1 fully saturated rings. The molecule has 1 aliphatic rings. The van der Waals surface area contributed by atoms with E-state index in [9.17, 15) is 0 Å². The highest BCUT2D eigenvalue weighted by Gasteiger charge is 2.34. The van der Waals surface area contributed by atoms with Crippen LogP contribution in [0.15, 0.2) is 11.4 Å². The van der Waals surface area contributed by atoms with Crippen LogP contribution < -0.4 is 5.32 Å². The minimum Gasteiger partial charge on any atom is -0.311 e. The zero-order chi connectivity index (χ0) is 11.6. The first-order valence-electron chi connectivity index (χ1n) is 6.39. The summed E-state index contributed by atoms with van der Waals surface area (Å²) in [4.78, 5) is 1.58. The Kier molecular flexibility index (Phi) is 3.70. The number of hydrogen-bond acceptors (Lipinski definition) is 2. The van der Waals surface area contributed by atoms with Crippen molar-refractivity contribution in [3.8, 4) is 0 Å². The van der Waals surface area contributed by atoms with Gasteiger partial charge in [-0.15, -0.1) is 11.3 Å². The molecule has 2 heterocycles. The molecule has 1 unspecified atom stereocenters. The molecule has 2 rings (SSSR count). The van der Waals surface area contributed by atoms with Gasteiger partial charge in [0.1, 0.15) is 0 Å². The van der Waals surface area contributed by atoms with E-state index >= 15 is 0 Å². The zero-order valence-electron chi connectivity index (χ0n) is 10.7. The second-order valence-electron chi connectivity index (χ2n) is 5.61. The maximum Gasteiger partial charge on any atom is 0.0232 e. The minimum atomic E-state index is 0.393. The summed E-state index contributed by atoms with van der Waals surface area (Å²) in [6.07, 6.45) is 5.23. The van der Waals surface area contributed by atoms with Crippen LogP contribution >= 0.6 is 11.3 Å². The van der Waals surface area contributed by atoms with Gasteiger partial charge in [0.15, 0.2) is 0 Å². The number of rotatable bonds is 4. The summed E-state index contributed by atoms with van der Waals surface area (Å²) in [5.41, 5.74) is 1.87. The van der Waals surface area contributed by atoms with Crippen LogP contribution in [0, 0.1) is 12.8 Å². The van der Waals surface area contributed by atoms with Crippen LogP contribution in [-0.4, -0.2) is 12.1 Å². The van der Waals surface area contributed by atoms with E-state index in [0.717, 1.165) is 5.92 Å². The molecule has 16 heavy (non-hydrogen) atoms. The van der Waals surface area contributed by atoms with Gasteiger partial charge in [0.25, 0.3) is 0 Å². The molecule has 1 N–H and O–H groups in total. The number of aryl methyl sites for hydroxylation is 1. The van der Waals surface area contributed by atoms with Gasteiger partial charge >= 0.3 is 0 Å². The Morgan fingerprint density at radius 2 is 2.31 bits per heavy atom. The lowest BCUT2D eigenvalue weighted by molar-refractivity contribution is 0.303.